The van der Waals surface area contributed by atoms with Gasteiger partial charge in [-0.15, -0.1) is 0 Å². The molecule has 0 aliphatic heterocycles. The zero-order valence-electron chi connectivity index (χ0n) is 13.6. The van der Waals surface area contributed by atoms with Crippen LogP contribution in [0.4, 0.5) is 0 Å². The first-order valence-corrected chi connectivity index (χ1v) is 8.08. The highest BCUT2D eigenvalue weighted by molar-refractivity contribution is 5.25. The van der Waals surface area contributed by atoms with Gasteiger partial charge in [-0.1, -0.05) is 27.2 Å². The third-order valence-electron chi connectivity index (χ3n) is 3.62. The largest absolute Gasteiger partial charge is 0.493 e. The smallest absolute Gasteiger partial charge is 0.159 e. The van der Waals surface area contributed by atoms with Crippen LogP contribution in [0.1, 0.15) is 58.6 Å². The fraction of sp³-hybridized carbons (Fsp3) is 0.812. The third-order valence-corrected chi connectivity index (χ3v) is 3.62. The van der Waals surface area contributed by atoms with Gasteiger partial charge in [-0.3, -0.25) is 4.68 Å². The van der Waals surface area contributed by atoms with E-state index in [1.165, 1.54) is 25.0 Å². The summed E-state index contributed by atoms with van der Waals surface area (Å²) in [6, 6.07) is 0.606. The zero-order chi connectivity index (χ0) is 14.8. The number of ether oxygens (including phenoxy) is 1. The van der Waals surface area contributed by atoms with Crippen molar-refractivity contribution in [2.75, 3.05) is 13.7 Å². The van der Waals surface area contributed by atoms with Gasteiger partial charge in [0, 0.05) is 12.6 Å². The number of aryl methyl sites for hydroxylation is 1. The third kappa shape index (κ3) is 5.16. The minimum Gasteiger partial charge on any atom is -0.493 e. The maximum atomic E-state index is 5.44. The van der Waals surface area contributed by atoms with E-state index in [-0.39, 0.29) is 0 Å². The first-order valence-electron chi connectivity index (χ1n) is 8.08. The molecule has 0 bridgehead atoms. The molecule has 0 spiro atoms. The summed E-state index contributed by atoms with van der Waals surface area (Å²) in [7, 11) is 1.73. The zero-order valence-corrected chi connectivity index (χ0v) is 13.6. The van der Waals surface area contributed by atoms with E-state index in [1.807, 2.05) is 6.20 Å². The first-order chi connectivity index (χ1) is 9.76. The second kappa shape index (κ2) is 9.81. The highest BCUT2D eigenvalue weighted by Gasteiger charge is 2.14. The van der Waals surface area contributed by atoms with E-state index in [1.54, 1.807) is 7.11 Å². The van der Waals surface area contributed by atoms with E-state index in [0.29, 0.717) is 6.04 Å². The summed E-state index contributed by atoms with van der Waals surface area (Å²) in [4.78, 5) is 0. The van der Waals surface area contributed by atoms with Crippen LogP contribution in [0.3, 0.4) is 0 Å². The molecule has 0 fully saturated rings. The molecule has 1 rings (SSSR count). The average Bonchev–Trinajstić information content (AvgIpc) is 2.84. The number of nitrogens with one attached hydrogen (secondary N) is 1. The number of hydrogen-bond acceptors (Lipinski definition) is 3. The number of nitrogens with zero attached hydrogens (tertiary/aromatic N) is 2. The van der Waals surface area contributed by atoms with Crippen molar-refractivity contribution in [2.24, 2.45) is 0 Å². The lowest BCUT2D eigenvalue weighted by Gasteiger charge is -2.18. The van der Waals surface area contributed by atoms with Crippen LogP contribution in [0.2, 0.25) is 0 Å². The lowest BCUT2D eigenvalue weighted by molar-refractivity contribution is 0.398. The van der Waals surface area contributed by atoms with Crippen LogP contribution in [0.5, 0.6) is 5.75 Å². The molecule has 0 saturated heterocycles. The molecule has 0 saturated carbocycles. The lowest BCUT2D eigenvalue weighted by atomic mass is 10.0. The molecule has 4 nitrogen and oxygen atoms in total. The van der Waals surface area contributed by atoms with Crippen molar-refractivity contribution in [3.63, 3.8) is 0 Å². The van der Waals surface area contributed by atoms with Crippen molar-refractivity contribution in [3.05, 3.63) is 11.9 Å². The monoisotopic (exact) mass is 281 g/mol. The van der Waals surface area contributed by atoms with Gasteiger partial charge in [-0.25, -0.2) is 0 Å². The summed E-state index contributed by atoms with van der Waals surface area (Å²) in [5.41, 5.74) is 1.24. The molecule has 1 N–H and O–H groups in total. The molecule has 0 radical (unpaired) electrons. The number of aromatic nitrogens is 2. The fourth-order valence-electron chi connectivity index (χ4n) is 2.58. The normalized spacial score (nSPS) is 12.6. The van der Waals surface area contributed by atoms with Crippen molar-refractivity contribution in [1.29, 1.82) is 0 Å². The Morgan fingerprint density at radius 3 is 2.60 bits per heavy atom. The van der Waals surface area contributed by atoms with Crippen LogP contribution in [-0.4, -0.2) is 29.5 Å². The Morgan fingerprint density at radius 2 is 2.00 bits per heavy atom. The van der Waals surface area contributed by atoms with E-state index >= 15 is 0 Å². The van der Waals surface area contributed by atoms with Crippen molar-refractivity contribution >= 4 is 0 Å². The van der Waals surface area contributed by atoms with E-state index < -0.39 is 0 Å². The summed E-state index contributed by atoms with van der Waals surface area (Å²) in [6.45, 7) is 8.73. The van der Waals surface area contributed by atoms with E-state index in [0.717, 1.165) is 38.1 Å². The second-order valence-electron chi connectivity index (χ2n) is 5.36. The molecule has 1 unspecified atom stereocenters. The summed E-state index contributed by atoms with van der Waals surface area (Å²) < 4.78 is 7.54. The Morgan fingerprint density at radius 1 is 1.20 bits per heavy atom. The molecule has 116 valence electrons. The Labute approximate surface area is 123 Å². The molecule has 1 aromatic rings. The lowest BCUT2D eigenvalue weighted by Crippen LogP contribution is -2.30. The molecule has 1 aromatic heterocycles. The van der Waals surface area contributed by atoms with Crippen molar-refractivity contribution in [2.45, 2.75) is 71.9 Å². The summed E-state index contributed by atoms with van der Waals surface area (Å²) >= 11 is 0. The van der Waals surface area contributed by atoms with Gasteiger partial charge in [0.2, 0.25) is 0 Å². The minimum absolute atomic E-state index is 0.606. The molecular formula is C16H31N3O. The topological polar surface area (TPSA) is 39.1 Å². The standard InChI is InChI=1S/C16H31N3O/c1-5-8-14(17-11-6-2)9-10-15-16(20-4)13-18-19(15)12-7-3/h13-14,17H,5-12H2,1-4H3. The van der Waals surface area contributed by atoms with Crippen molar-refractivity contribution in [1.82, 2.24) is 15.1 Å². The maximum Gasteiger partial charge on any atom is 0.159 e. The van der Waals surface area contributed by atoms with Gasteiger partial charge in [-0.2, -0.15) is 5.10 Å². The van der Waals surface area contributed by atoms with Crippen molar-refractivity contribution < 1.29 is 4.74 Å². The number of methoxy groups -OCH3 is 1. The molecule has 1 atom stereocenters. The first kappa shape index (κ1) is 17.0. The second-order valence-corrected chi connectivity index (χ2v) is 5.36. The average molecular weight is 281 g/mol. The van der Waals surface area contributed by atoms with E-state index in [9.17, 15) is 0 Å². The van der Waals surface area contributed by atoms with Gasteiger partial charge < -0.3 is 10.1 Å². The molecule has 0 aromatic carbocycles. The van der Waals surface area contributed by atoms with E-state index in [2.05, 4.69) is 35.9 Å². The Hall–Kier alpha value is -1.03. The van der Waals surface area contributed by atoms with Crippen LogP contribution in [0, 0.1) is 0 Å². The SMILES string of the molecule is CCCNC(CCC)CCc1c(OC)cnn1CCC. The summed E-state index contributed by atoms with van der Waals surface area (Å²) in [5.74, 6) is 0.934. The minimum atomic E-state index is 0.606. The molecule has 0 amide bonds. The van der Waals surface area contributed by atoms with Gasteiger partial charge in [0.05, 0.1) is 19.0 Å². The predicted octanol–water partition coefficient (Wildman–Crippen LogP) is 3.40. The number of rotatable bonds is 11. The van der Waals surface area contributed by atoms with Gasteiger partial charge in [-0.05, 0) is 38.6 Å². The molecule has 4 heteroatoms. The molecule has 20 heavy (non-hydrogen) atoms. The highest BCUT2D eigenvalue weighted by atomic mass is 16.5. The van der Waals surface area contributed by atoms with Crippen LogP contribution in [0.15, 0.2) is 6.20 Å². The number of hydrogen-bond donors (Lipinski definition) is 1. The fourth-order valence-corrected chi connectivity index (χ4v) is 2.58. The van der Waals surface area contributed by atoms with Gasteiger partial charge in [0.25, 0.3) is 0 Å². The summed E-state index contributed by atoms with van der Waals surface area (Å²) in [6.07, 6.45) is 8.79. The quantitative estimate of drug-likeness (QED) is 0.675. The van der Waals surface area contributed by atoms with Crippen LogP contribution >= 0.6 is 0 Å². The van der Waals surface area contributed by atoms with Gasteiger partial charge in [0.15, 0.2) is 5.75 Å². The molecule has 1 heterocycles. The molecular weight excluding hydrogens is 250 g/mol. The maximum absolute atomic E-state index is 5.44. The van der Waals surface area contributed by atoms with Crippen molar-refractivity contribution in [3.8, 4) is 5.75 Å². The van der Waals surface area contributed by atoms with E-state index in [4.69, 9.17) is 4.74 Å². The molecule has 0 aliphatic carbocycles. The Kier molecular flexibility index (Phi) is 8.35. The van der Waals surface area contributed by atoms with Crippen LogP contribution in [-0.2, 0) is 13.0 Å². The predicted molar refractivity (Wildman–Crippen MR) is 84.4 cm³/mol. The Balaban J connectivity index is 2.62. The highest BCUT2D eigenvalue weighted by Crippen LogP contribution is 2.20. The van der Waals surface area contributed by atoms with Crippen LogP contribution in [0.25, 0.3) is 0 Å². The van der Waals surface area contributed by atoms with Gasteiger partial charge >= 0.3 is 0 Å². The Bertz CT molecular complexity index is 363. The molecule has 0 aliphatic rings. The van der Waals surface area contributed by atoms with Gasteiger partial charge in [0.1, 0.15) is 0 Å². The summed E-state index contributed by atoms with van der Waals surface area (Å²) in [5, 5.41) is 8.09. The van der Waals surface area contributed by atoms with Crippen LogP contribution < -0.4 is 10.1 Å².